The van der Waals surface area contributed by atoms with E-state index in [9.17, 15) is 19.2 Å². The topological polar surface area (TPSA) is 77.5 Å². The molecule has 6 heteroatoms. The zero-order valence-corrected chi connectivity index (χ0v) is 11.6. The number of ketones is 1. The normalized spacial score (nSPS) is 9.71. The number of rotatable bonds is 5. The molecule has 0 spiro atoms. The van der Waals surface area contributed by atoms with Gasteiger partial charge in [0.25, 0.3) is 0 Å². The Morgan fingerprint density at radius 2 is 1.43 bits per heavy atom. The molecule has 0 rings (SSSR count). The maximum absolute atomic E-state index is 11.2. The summed E-state index contributed by atoms with van der Waals surface area (Å²) in [5.74, 6) is -0.310. The molecular weight excluding hydrogens is 295 g/mol. The fourth-order valence-electron chi connectivity index (χ4n) is 0.874. The number of carbonyl (C=O) groups excluding carboxylic acids is 4. The van der Waals surface area contributed by atoms with Crippen molar-refractivity contribution < 1.29 is 23.9 Å². The van der Waals surface area contributed by atoms with Crippen molar-refractivity contribution in [3.05, 3.63) is 0 Å². The summed E-state index contributed by atoms with van der Waals surface area (Å²) < 4.78 is 3.07. The van der Waals surface area contributed by atoms with E-state index in [-0.39, 0.29) is 20.0 Å². The quantitative estimate of drug-likeness (QED) is 0.656. The van der Waals surface area contributed by atoms with E-state index >= 15 is 0 Å². The van der Waals surface area contributed by atoms with Crippen molar-refractivity contribution in [2.75, 3.05) is 6.61 Å². The van der Waals surface area contributed by atoms with Crippen LogP contribution in [0.2, 0.25) is 0 Å². The third-order valence-corrected chi connectivity index (χ3v) is 7.93. The Hall–Kier alpha value is -0.721. The molecule has 5 nitrogen and oxygen atoms in total. The van der Waals surface area contributed by atoms with Crippen LogP contribution in [0.25, 0.3) is 0 Å². The van der Waals surface area contributed by atoms with Gasteiger partial charge in [-0.1, -0.05) is 0 Å². The second-order valence-corrected chi connectivity index (χ2v) is 11.4. The van der Waals surface area contributed by atoms with Gasteiger partial charge in [-0.25, -0.2) is 0 Å². The van der Waals surface area contributed by atoms with E-state index in [1.165, 1.54) is 20.8 Å². The molecule has 14 heavy (non-hydrogen) atoms. The summed E-state index contributed by atoms with van der Waals surface area (Å²) in [6, 6.07) is 0. The Kier molecular flexibility index (Phi) is 5.59. The molecule has 0 heterocycles. The first-order valence-corrected chi connectivity index (χ1v) is 8.97. The molecule has 0 bridgehead atoms. The van der Waals surface area contributed by atoms with Gasteiger partial charge in [0.15, 0.2) is 0 Å². The molecule has 0 radical (unpaired) electrons. The summed E-state index contributed by atoms with van der Waals surface area (Å²) in [5, 5.41) is 0. The fraction of sp³-hybridized carbons (Fsp3) is 0.500. The van der Waals surface area contributed by atoms with Gasteiger partial charge in [0.05, 0.1) is 0 Å². The maximum atomic E-state index is 11.2. The third-order valence-electron chi connectivity index (χ3n) is 1.47. The summed E-state index contributed by atoms with van der Waals surface area (Å²) in [7, 11) is 0. The first-order chi connectivity index (χ1) is 6.36. The summed E-state index contributed by atoms with van der Waals surface area (Å²) in [4.78, 5) is 43.6. The van der Waals surface area contributed by atoms with Crippen LogP contribution in [0.3, 0.4) is 0 Å². The van der Waals surface area contributed by atoms with Crippen molar-refractivity contribution in [1.29, 1.82) is 0 Å². The molecule has 0 saturated heterocycles. The Morgan fingerprint density at radius 3 is 1.71 bits per heavy atom. The van der Waals surface area contributed by atoms with Crippen molar-refractivity contribution in [1.82, 2.24) is 0 Å². The van der Waals surface area contributed by atoms with E-state index < -0.39 is 23.7 Å². The summed E-state index contributed by atoms with van der Waals surface area (Å²) in [6.45, 7) is 3.35. The van der Waals surface area contributed by atoms with Crippen LogP contribution in [-0.4, -0.2) is 43.7 Å². The molecule has 0 aromatic rings. The van der Waals surface area contributed by atoms with Crippen LogP contribution < -0.4 is 0 Å². The first kappa shape index (κ1) is 13.3. The molecule has 0 amide bonds. The van der Waals surface area contributed by atoms with Gasteiger partial charge < -0.3 is 0 Å². The Balaban J connectivity index is 4.39. The second-order valence-electron chi connectivity index (χ2n) is 2.96. The van der Waals surface area contributed by atoms with E-state index in [4.69, 9.17) is 0 Å². The van der Waals surface area contributed by atoms with Gasteiger partial charge in [0, 0.05) is 0 Å². The van der Waals surface area contributed by atoms with Crippen LogP contribution in [0.4, 0.5) is 4.79 Å². The SMILES string of the molecule is CC(=O)CO[C](=O)[SnH]([C](C)=O)[C](C)=O. The Labute approximate surface area is 88.5 Å². The standard InChI is InChI=1S/C4H5O3.2C2H3O.Sn.H/c1-4(6)2-7-3-5;2*1-2-3;;/h2H2,1H3;2*1H3;;. The van der Waals surface area contributed by atoms with Crippen molar-refractivity contribution in [3.8, 4) is 0 Å². The third kappa shape index (κ3) is 4.50. The Morgan fingerprint density at radius 1 is 1.00 bits per heavy atom. The molecule has 0 fully saturated rings. The average Bonchev–Trinajstić information content (AvgIpc) is 1.99. The van der Waals surface area contributed by atoms with Crippen molar-refractivity contribution in [2.24, 2.45) is 0 Å². The van der Waals surface area contributed by atoms with Crippen LogP contribution in [-0.2, 0) is 19.1 Å². The number of hydrogen-bond acceptors (Lipinski definition) is 5. The minimum absolute atomic E-state index is 0.310. The number of hydrogen-bond donors (Lipinski definition) is 0. The molecule has 0 aromatic heterocycles. The zero-order valence-electron chi connectivity index (χ0n) is 8.33. The molecule has 0 N–H and O–H groups in total. The predicted octanol–water partition coefficient (Wildman–Crippen LogP) is -0.223. The van der Waals surface area contributed by atoms with Crippen molar-refractivity contribution >= 4 is 37.1 Å². The summed E-state index contributed by atoms with van der Waals surface area (Å²) in [6.07, 6.45) is 0. The summed E-state index contributed by atoms with van der Waals surface area (Å²) in [5.41, 5.74) is 0. The fourth-order valence-corrected chi connectivity index (χ4v) is 5.12. The van der Waals surface area contributed by atoms with Crippen LogP contribution in [0.15, 0.2) is 0 Å². The molecule has 0 saturated carbocycles. The van der Waals surface area contributed by atoms with Crippen LogP contribution >= 0.6 is 0 Å². The van der Waals surface area contributed by atoms with E-state index in [0.717, 1.165) is 0 Å². The van der Waals surface area contributed by atoms with Gasteiger partial charge in [-0.2, -0.15) is 0 Å². The number of carbonyl (C=O) groups is 4. The molecular formula is C8H12O5Sn. The van der Waals surface area contributed by atoms with Gasteiger partial charge in [0.1, 0.15) is 0 Å². The monoisotopic (exact) mass is 308 g/mol. The van der Waals surface area contributed by atoms with E-state index in [0.29, 0.717) is 0 Å². The molecule has 0 aromatic carbocycles. The van der Waals surface area contributed by atoms with Crippen LogP contribution in [0.1, 0.15) is 20.8 Å². The number of Topliss-reactive ketones (excluding diaryl/α,β-unsaturated/α-hetero) is 1. The molecule has 78 valence electrons. The zero-order chi connectivity index (χ0) is 11.3. The van der Waals surface area contributed by atoms with E-state index in [1.807, 2.05) is 0 Å². The molecule has 0 atom stereocenters. The van der Waals surface area contributed by atoms with Crippen LogP contribution in [0.5, 0.6) is 0 Å². The minimum atomic E-state index is -3.56. The van der Waals surface area contributed by atoms with Crippen molar-refractivity contribution in [2.45, 2.75) is 20.8 Å². The first-order valence-electron chi connectivity index (χ1n) is 4.03. The van der Waals surface area contributed by atoms with Gasteiger partial charge in [-0.05, 0) is 0 Å². The van der Waals surface area contributed by atoms with Gasteiger partial charge in [-0.15, -0.1) is 0 Å². The molecule has 0 aliphatic rings. The number of ether oxygens (including phenoxy) is 1. The summed E-state index contributed by atoms with van der Waals surface area (Å²) >= 11 is -3.56. The van der Waals surface area contributed by atoms with Gasteiger partial charge in [0.2, 0.25) is 0 Å². The average molecular weight is 307 g/mol. The van der Waals surface area contributed by atoms with E-state index in [2.05, 4.69) is 4.74 Å². The van der Waals surface area contributed by atoms with Crippen molar-refractivity contribution in [3.63, 3.8) is 0 Å². The van der Waals surface area contributed by atoms with Crippen LogP contribution in [0, 0.1) is 0 Å². The predicted molar refractivity (Wildman–Crippen MR) is 50.5 cm³/mol. The Bertz CT molecular complexity index is 269. The molecule has 0 aliphatic carbocycles. The van der Waals surface area contributed by atoms with Gasteiger partial charge in [-0.3, -0.25) is 0 Å². The molecule has 0 aliphatic heterocycles. The molecule has 0 unspecified atom stereocenters. The second kappa shape index (κ2) is 5.89. The van der Waals surface area contributed by atoms with E-state index in [1.54, 1.807) is 0 Å². The van der Waals surface area contributed by atoms with Gasteiger partial charge >= 0.3 is 88.4 Å².